The largest absolute Gasteiger partial charge is 0.335 e. The number of aromatic nitrogens is 2. The number of carbonyl (C=O) groups excluding carboxylic acids is 1. The van der Waals surface area contributed by atoms with E-state index in [4.69, 9.17) is 0 Å². The summed E-state index contributed by atoms with van der Waals surface area (Å²) >= 11 is 0. The maximum atomic E-state index is 12.4. The van der Waals surface area contributed by atoms with E-state index in [1.165, 1.54) is 31.2 Å². The summed E-state index contributed by atoms with van der Waals surface area (Å²) in [6, 6.07) is 9.78. The second-order valence-electron chi connectivity index (χ2n) is 5.87. The van der Waals surface area contributed by atoms with Crippen LogP contribution in [0, 0.1) is 0 Å². The van der Waals surface area contributed by atoms with E-state index in [0.29, 0.717) is 12.0 Å². The highest BCUT2D eigenvalue weighted by atomic mass is 32.2. The second kappa shape index (κ2) is 6.78. The maximum Gasteiger partial charge on any atom is 0.240 e. The van der Waals surface area contributed by atoms with Crippen LogP contribution in [0.5, 0.6) is 0 Å². The molecule has 0 atom stereocenters. The Morgan fingerprint density at radius 2 is 1.92 bits per heavy atom. The van der Waals surface area contributed by atoms with Crippen LogP contribution in [-0.2, 0) is 23.5 Å². The molecule has 3 aromatic rings. The van der Waals surface area contributed by atoms with E-state index >= 15 is 0 Å². The van der Waals surface area contributed by atoms with Crippen LogP contribution in [0.25, 0.3) is 11.0 Å². The van der Waals surface area contributed by atoms with E-state index in [1.54, 1.807) is 6.20 Å². The fourth-order valence-electron chi connectivity index (χ4n) is 2.76. The monoisotopic (exact) mass is 357 g/mol. The normalized spacial score (nSPS) is 11.8. The summed E-state index contributed by atoms with van der Waals surface area (Å²) in [7, 11) is -1.69. The molecule has 2 heterocycles. The molecular formula is C18H19N3O3S. The van der Waals surface area contributed by atoms with Crippen molar-refractivity contribution in [3.8, 4) is 0 Å². The predicted octanol–water partition coefficient (Wildman–Crippen LogP) is 2.30. The first-order valence-corrected chi connectivity index (χ1v) is 9.36. The average molecular weight is 357 g/mol. The van der Waals surface area contributed by atoms with Crippen molar-refractivity contribution in [3.05, 3.63) is 59.9 Å². The fraction of sp³-hybridized carbons (Fsp3) is 0.222. The molecule has 3 rings (SSSR count). The Kier molecular flexibility index (Phi) is 4.69. The van der Waals surface area contributed by atoms with E-state index < -0.39 is 10.0 Å². The molecule has 0 saturated heterocycles. The molecule has 1 aromatic carbocycles. The van der Waals surface area contributed by atoms with Crippen LogP contribution >= 0.6 is 0 Å². The summed E-state index contributed by atoms with van der Waals surface area (Å²) in [6.45, 7) is 1.73. The molecule has 130 valence electrons. The van der Waals surface area contributed by atoms with Crippen molar-refractivity contribution in [1.29, 1.82) is 0 Å². The Hall–Kier alpha value is -2.51. The SMILES string of the molecule is CC(=O)c1ccc(S(=O)(=O)NCCc2cn(C)c3ncccc23)cc1. The van der Waals surface area contributed by atoms with Crippen molar-refractivity contribution in [3.63, 3.8) is 0 Å². The Balaban J connectivity index is 1.71. The van der Waals surface area contributed by atoms with Gasteiger partial charge in [-0.05, 0) is 43.2 Å². The average Bonchev–Trinajstić information content (AvgIpc) is 2.91. The number of Topliss-reactive ketones (excluding diaryl/α,β-unsaturated/α-hetero) is 1. The Bertz CT molecular complexity index is 1020. The molecule has 0 aliphatic heterocycles. The van der Waals surface area contributed by atoms with Gasteiger partial charge in [-0.15, -0.1) is 0 Å². The van der Waals surface area contributed by atoms with Crippen LogP contribution in [0.2, 0.25) is 0 Å². The number of aryl methyl sites for hydroxylation is 1. The molecule has 0 unspecified atom stereocenters. The molecule has 0 amide bonds. The van der Waals surface area contributed by atoms with Gasteiger partial charge in [-0.3, -0.25) is 4.79 Å². The summed E-state index contributed by atoms with van der Waals surface area (Å²) in [5.74, 6) is -0.0959. The molecule has 0 radical (unpaired) electrons. The molecule has 0 fully saturated rings. The lowest BCUT2D eigenvalue weighted by atomic mass is 10.2. The van der Waals surface area contributed by atoms with Crippen LogP contribution in [0.1, 0.15) is 22.8 Å². The van der Waals surface area contributed by atoms with Gasteiger partial charge in [0.15, 0.2) is 5.78 Å². The Morgan fingerprint density at radius 1 is 1.20 bits per heavy atom. The molecule has 0 bridgehead atoms. The first kappa shape index (κ1) is 17.3. The van der Waals surface area contributed by atoms with Crippen LogP contribution in [-0.4, -0.2) is 30.3 Å². The molecule has 1 N–H and O–H groups in total. The molecule has 0 aliphatic carbocycles. The highest BCUT2D eigenvalue weighted by Crippen LogP contribution is 2.18. The number of nitrogens with zero attached hydrogens (tertiary/aromatic N) is 2. The fourth-order valence-corrected chi connectivity index (χ4v) is 3.80. The quantitative estimate of drug-likeness (QED) is 0.687. The van der Waals surface area contributed by atoms with Gasteiger partial charge in [0.25, 0.3) is 0 Å². The first-order valence-electron chi connectivity index (χ1n) is 7.88. The van der Waals surface area contributed by atoms with E-state index in [1.807, 2.05) is 29.9 Å². The third kappa shape index (κ3) is 3.62. The lowest BCUT2D eigenvalue weighted by molar-refractivity contribution is 0.101. The minimum absolute atomic E-state index is 0.0959. The molecule has 0 aliphatic rings. The predicted molar refractivity (Wildman–Crippen MR) is 96.1 cm³/mol. The van der Waals surface area contributed by atoms with Crippen molar-refractivity contribution in [2.45, 2.75) is 18.2 Å². The molecule has 0 saturated carbocycles. The first-order chi connectivity index (χ1) is 11.9. The van der Waals surface area contributed by atoms with Gasteiger partial charge in [0.1, 0.15) is 5.65 Å². The van der Waals surface area contributed by atoms with Gasteiger partial charge >= 0.3 is 0 Å². The Morgan fingerprint density at radius 3 is 2.60 bits per heavy atom. The third-order valence-electron chi connectivity index (χ3n) is 4.07. The van der Waals surface area contributed by atoms with Crippen molar-refractivity contribution in [2.75, 3.05) is 6.54 Å². The van der Waals surface area contributed by atoms with Crippen LogP contribution in [0.3, 0.4) is 0 Å². The summed E-state index contributed by atoms with van der Waals surface area (Å²) in [5.41, 5.74) is 2.41. The standard InChI is InChI=1S/C18H19N3O3S/c1-13(22)14-5-7-16(8-6-14)25(23,24)20-11-9-15-12-21(2)18-17(15)4-3-10-19-18/h3-8,10,12,20H,9,11H2,1-2H3. The van der Waals surface area contributed by atoms with Gasteiger partial charge < -0.3 is 4.57 Å². The zero-order valence-corrected chi connectivity index (χ0v) is 14.9. The summed E-state index contributed by atoms with van der Waals surface area (Å²) in [4.78, 5) is 15.7. The number of hydrogen-bond donors (Lipinski definition) is 1. The topological polar surface area (TPSA) is 81.1 Å². The van der Waals surface area contributed by atoms with Crippen molar-refractivity contribution in [1.82, 2.24) is 14.3 Å². The number of pyridine rings is 1. The zero-order valence-electron chi connectivity index (χ0n) is 14.1. The molecule has 2 aromatic heterocycles. The molecule has 7 heteroatoms. The number of hydrogen-bond acceptors (Lipinski definition) is 4. The van der Waals surface area contributed by atoms with Crippen LogP contribution < -0.4 is 4.72 Å². The van der Waals surface area contributed by atoms with E-state index in [2.05, 4.69) is 9.71 Å². The lowest BCUT2D eigenvalue weighted by Gasteiger charge is -2.07. The third-order valence-corrected chi connectivity index (χ3v) is 5.55. The van der Waals surface area contributed by atoms with Gasteiger partial charge in [-0.1, -0.05) is 12.1 Å². The van der Waals surface area contributed by atoms with E-state index in [0.717, 1.165) is 16.6 Å². The molecule has 0 spiro atoms. The van der Waals surface area contributed by atoms with Gasteiger partial charge in [-0.25, -0.2) is 18.1 Å². The second-order valence-corrected chi connectivity index (χ2v) is 7.64. The van der Waals surface area contributed by atoms with Crippen LogP contribution in [0.15, 0.2) is 53.7 Å². The van der Waals surface area contributed by atoms with Gasteiger partial charge in [0, 0.05) is 36.9 Å². The maximum absolute atomic E-state index is 12.4. The minimum atomic E-state index is -3.60. The zero-order chi connectivity index (χ0) is 18.0. The number of carbonyl (C=O) groups is 1. The highest BCUT2D eigenvalue weighted by Gasteiger charge is 2.14. The number of rotatable bonds is 6. The van der Waals surface area contributed by atoms with E-state index in [-0.39, 0.29) is 17.2 Å². The summed E-state index contributed by atoms with van der Waals surface area (Å²) in [5, 5.41) is 1.02. The number of sulfonamides is 1. The summed E-state index contributed by atoms with van der Waals surface area (Å²) < 4.78 is 29.3. The smallest absolute Gasteiger partial charge is 0.240 e. The number of ketones is 1. The van der Waals surface area contributed by atoms with E-state index in [9.17, 15) is 13.2 Å². The van der Waals surface area contributed by atoms with Crippen molar-refractivity contribution in [2.24, 2.45) is 7.05 Å². The van der Waals surface area contributed by atoms with Gasteiger partial charge in [0.2, 0.25) is 10.0 Å². The number of fused-ring (bicyclic) bond motifs is 1. The summed E-state index contributed by atoms with van der Waals surface area (Å²) in [6.07, 6.45) is 4.26. The molecule has 25 heavy (non-hydrogen) atoms. The van der Waals surface area contributed by atoms with Crippen LogP contribution in [0.4, 0.5) is 0 Å². The van der Waals surface area contributed by atoms with Crippen molar-refractivity contribution >= 4 is 26.8 Å². The molecular weight excluding hydrogens is 338 g/mol. The Labute approximate surface area is 146 Å². The minimum Gasteiger partial charge on any atom is -0.335 e. The number of nitrogens with one attached hydrogen (secondary N) is 1. The van der Waals surface area contributed by atoms with Crippen molar-refractivity contribution < 1.29 is 13.2 Å². The van der Waals surface area contributed by atoms with Gasteiger partial charge in [-0.2, -0.15) is 0 Å². The number of benzene rings is 1. The molecule has 6 nitrogen and oxygen atoms in total. The highest BCUT2D eigenvalue weighted by molar-refractivity contribution is 7.89. The lowest BCUT2D eigenvalue weighted by Crippen LogP contribution is -2.26. The van der Waals surface area contributed by atoms with Gasteiger partial charge in [0.05, 0.1) is 4.90 Å².